The van der Waals surface area contributed by atoms with Crippen molar-refractivity contribution in [3.05, 3.63) is 35.4 Å². The Morgan fingerprint density at radius 3 is 2.80 bits per heavy atom. The second kappa shape index (κ2) is 6.14. The molecule has 1 heterocycles. The Kier molecular flexibility index (Phi) is 4.70. The zero-order valence-corrected chi connectivity index (χ0v) is 11.5. The number of nitrogens with zero attached hydrogens (tertiary/aromatic N) is 1. The van der Waals surface area contributed by atoms with Crippen molar-refractivity contribution in [2.75, 3.05) is 13.1 Å². The van der Waals surface area contributed by atoms with Crippen molar-refractivity contribution in [1.29, 1.82) is 0 Å². The maximum Gasteiger partial charge on any atom is 0.416 e. The molecule has 1 aromatic carbocycles. The lowest BCUT2D eigenvalue weighted by Gasteiger charge is -2.34. The highest BCUT2D eigenvalue weighted by Crippen LogP contribution is 2.30. The molecule has 0 saturated carbocycles. The molecule has 1 fully saturated rings. The lowest BCUT2D eigenvalue weighted by atomic mass is 9.93. The number of aliphatic hydroxyl groups is 1. The minimum atomic E-state index is -4.29. The van der Waals surface area contributed by atoms with Crippen molar-refractivity contribution in [3.63, 3.8) is 0 Å². The molecule has 0 aliphatic carbocycles. The van der Waals surface area contributed by atoms with Crippen molar-refractivity contribution in [2.45, 2.75) is 38.6 Å². The molecule has 1 N–H and O–H groups in total. The summed E-state index contributed by atoms with van der Waals surface area (Å²) < 4.78 is 38.0. The highest BCUT2D eigenvalue weighted by atomic mass is 19.4. The predicted molar refractivity (Wildman–Crippen MR) is 71.1 cm³/mol. The quantitative estimate of drug-likeness (QED) is 0.922. The lowest BCUT2D eigenvalue weighted by Crippen LogP contribution is -2.39. The maximum atomic E-state index is 12.7. The standard InChI is InChI=1S/C15H20F3NO/c1-11(20)13-5-3-7-19(10-13)9-12-4-2-6-14(8-12)15(16,17)18/h2,4,6,8,11,13,20H,3,5,7,9-10H2,1H3. The van der Waals surface area contributed by atoms with Crippen LogP contribution in [0.2, 0.25) is 0 Å². The fourth-order valence-corrected chi connectivity index (χ4v) is 2.73. The molecule has 2 atom stereocenters. The van der Waals surface area contributed by atoms with E-state index in [1.54, 1.807) is 13.0 Å². The van der Waals surface area contributed by atoms with Crippen molar-refractivity contribution in [3.8, 4) is 0 Å². The summed E-state index contributed by atoms with van der Waals surface area (Å²) in [5, 5.41) is 9.64. The fourth-order valence-electron chi connectivity index (χ4n) is 2.73. The normalized spacial score (nSPS) is 22.8. The molecule has 1 aliphatic rings. The second-order valence-electron chi connectivity index (χ2n) is 5.58. The summed E-state index contributed by atoms with van der Waals surface area (Å²) in [7, 11) is 0. The Balaban J connectivity index is 2.03. The average Bonchev–Trinajstić information content (AvgIpc) is 2.38. The van der Waals surface area contributed by atoms with E-state index in [9.17, 15) is 18.3 Å². The SMILES string of the molecule is CC(O)C1CCCN(Cc2cccc(C(F)(F)F)c2)C1. The van der Waals surface area contributed by atoms with Crippen LogP contribution in [-0.2, 0) is 12.7 Å². The van der Waals surface area contributed by atoms with Gasteiger partial charge in [0.15, 0.2) is 0 Å². The monoisotopic (exact) mass is 287 g/mol. The molecule has 1 aromatic rings. The van der Waals surface area contributed by atoms with E-state index < -0.39 is 11.7 Å². The van der Waals surface area contributed by atoms with Crippen LogP contribution in [0.1, 0.15) is 30.9 Å². The highest BCUT2D eigenvalue weighted by Gasteiger charge is 2.30. The van der Waals surface area contributed by atoms with Crippen LogP contribution < -0.4 is 0 Å². The van der Waals surface area contributed by atoms with Gasteiger partial charge in [-0.3, -0.25) is 4.90 Å². The van der Waals surface area contributed by atoms with Gasteiger partial charge < -0.3 is 5.11 Å². The Morgan fingerprint density at radius 1 is 1.40 bits per heavy atom. The summed E-state index contributed by atoms with van der Waals surface area (Å²) in [4.78, 5) is 2.12. The van der Waals surface area contributed by atoms with E-state index in [1.807, 2.05) is 0 Å². The molecular formula is C15H20F3NO. The summed E-state index contributed by atoms with van der Waals surface area (Å²) in [6.07, 6.45) is -2.69. The highest BCUT2D eigenvalue weighted by molar-refractivity contribution is 5.25. The number of benzene rings is 1. The Morgan fingerprint density at radius 2 is 2.15 bits per heavy atom. The van der Waals surface area contributed by atoms with E-state index >= 15 is 0 Å². The molecule has 112 valence electrons. The Bertz CT molecular complexity index is 445. The van der Waals surface area contributed by atoms with Gasteiger partial charge in [-0.25, -0.2) is 0 Å². The number of piperidine rings is 1. The molecule has 0 bridgehead atoms. The van der Waals surface area contributed by atoms with Gasteiger partial charge in [0.1, 0.15) is 0 Å². The van der Waals surface area contributed by atoms with Crippen LogP contribution in [0.4, 0.5) is 13.2 Å². The number of hydrogen-bond donors (Lipinski definition) is 1. The zero-order valence-electron chi connectivity index (χ0n) is 11.5. The van der Waals surface area contributed by atoms with E-state index in [-0.39, 0.29) is 12.0 Å². The van der Waals surface area contributed by atoms with Gasteiger partial charge in [0.05, 0.1) is 11.7 Å². The number of alkyl halides is 3. The first-order valence-electron chi connectivity index (χ1n) is 6.93. The van der Waals surface area contributed by atoms with Crippen LogP contribution in [0.5, 0.6) is 0 Å². The van der Waals surface area contributed by atoms with Gasteiger partial charge in [-0.2, -0.15) is 13.2 Å². The van der Waals surface area contributed by atoms with Crippen molar-refractivity contribution in [1.82, 2.24) is 4.90 Å². The molecular weight excluding hydrogens is 267 g/mol. The number of hydrogen-bond acceptors (Lipinski definition) is 2. The number of halogens is 3. The van der Waals surface area contributed by atoms with Crippen LogP contribution in [0.25, 0.3) is 0 Å². The van der Waals surface area contributed by atoms with Crippen LogP contribution in [-0.4, -0.2) is 29.2 Å². The molecule has 0 radical (unpaired) electrons. The topological polar surface area (TPSA) is 23.5 Å². The van der Waals surface area contributed by atoms with Gasteiger partial charge in [0.25, 0.3) is 0 Å². The molecule has 2 unspecified atom stereocenters. The van der Waals surface area contributed by atoms with E-state index in [1.165, 1.54) is 12.1 Å². The van der Waals surface area contributed by atoms with E-state index in [2.05, 4.69) is 4.90 Å². The van der Waals surface area contributed by atoms with Gasteiger partial charge in [-0.05, 0) is 43.9 Å². The molecule has 0 spiro atoms. The summed E-state index contributed by atoms with van der Waals surface area (Å²) in [6.45, 7) is 3.90. The molecule has 0 amide bonds. The average molecular weight is 287 g/mol. The van der Waals surface area contributed by atoms with Gasteiger partial charge in [0.2, 0.25) is 0 Å². The Labute approximate surface area is 117 Å². The largest absolute Gasteiger partial charge is 0.416 e. The summed E-state index contributed by atoms with van der Waals surface area (Å²) in [5.74, 6) is 0.217. The third-order valence-corrected chi connectivity index (χ3v) is 3.88. The minimum absolute atomic E-state index is 0.217. The van der Waals surface area contributed by atoms with E-state index in [4.69, 9.17) is 0 Å². The minimum Gasteiger partial charge on any atom is -0.393 e. The zero-order chi connectivity index (χ0) is 14.8. The third-order valence-electron chi connectivity index (χ3n) is 3.88. The van der Waals surface area contributed by atoms with E-state index in [0.717, 1.165) is 32.0 Å². The van der Waals surface area contributed by atoms with Crippen LogP contribution in [0.3, 0.4) is 0 Å². The van der Waals surface area contributed by atoms with Gasteiger partial charge >= 0.3 is 6.18 Å². The van der Waals surface area contributed by atoms with Gasteiger partial charge in [-0.1, -0.05) is 18.2 Å². The molecule has 5 heteroatoms. The molecule has 20 heavy (non-hydrogen) atoms. The third kappa shape index (κ3) is 3.96. The molecule has 2 nitrogen and oxygen atoms in total. The van der Waals surface area contributed by atoms with Gasteiger partial charge in [0, 0.05) is 13.1 Å². The summed E-state index contributed by atoms with van der Waals surface area (Å²) >= 11 is 0. The molecule has 0 aromatic heterocycles. The smallest absolute Gasteiger partial charge is 0.393 e. The molecule has 2 rings (SSSR count). The maximum absolute atomic E-state index is 12.7. The van der Waals surface area contributed by atoms with Crippen LogP contribution in [0.15, 0.2) is 24.3 Å². The van der Waals surface area contributed by atoms with Gasteiger partial charge in [-0.15, -0.1) is 0 Å². The molecule has 1 aliphatic heterocycles. The first-order chi connectivity index (χ1) is 9.36. The lowest BCUT2D eigenvalue weighted by molar-refractivity contribution is -0.137. The van der Waals surface area contributed by atoms with Crippen molar-refractivity contribution >= 4 is 0 Å². The first-order valence-corrected chi connectivity index (χ1v) is 6.93. The van der Waals surface area contributed by atoms with Crippen LogP contribution in [0, 0.1) is 5.92 Å². The number of rotatable bonds is 3. The number of likely N-dealkylation sites (tertiary alicyclic amines) is 1. The van der Waals surface area contributed by atoms with Crippen molar-refractivity contribution in [2.24, 2.45) is 5.92 Å². The van der Waals surface area contributed by atoms with E-state index in [0.29, 0.717) is 12.1 Å². The van der Waals surface area contributed by atoms with Crippen molar-refractivity contribution < 1.29 is 18.3 Å². The summed E-state index contributed by atoms with van der Waals surface area (Å²) in [5.41, 5.74) is 0.0742. The Hall–Kier alpha value is -1.07. The first kappa shape index (κ1) is 15.3. The second-order valence-corrected chi connectivity index (χ2v) is 5.58. The fraction of sp³-hybridized carbons (Fsp3) is 0.600. The number of aliphatic hydroxyl groups excluding tert-OH is 1. The predicted octanol–water partition coefficient (Wildman–Crippen LogP) is 3.30. The molecule has 1 saturated heterocycles. The summed E-state index contributed by atoms with van der Waals surface area (Å²) in [6, 6.07) is 5.49. The van der Waals surface area contributed by atoms with Crippen LogP contribution >= 0.6 is 0 Å².